The Kier molecular flexibility index (Phi) is 6.69. The van der Waals surface area contributed by atoms with Crippen LogP contribution in [0, 0.1) is 11.7 Å². The fraction of sp³-hybridized carbons (Fsp3) is 0.250. The van der Waals surface area contributed by atoms with E-state index < -0.39 is 23.7 Å². The van der Waals surface area contributed by atoms with E-state index in [0.717, 1.165) is 6.07 Å². The molecule has 0 aliphatic rings. The fourth-order valence-electron chi connectivity index (χ4n) is 2.17. The van der Waals surface area contributed by atoms with Gasteiger partial charge in [-0.05, 0) is 49.4 Å². The van der Waals surface area contributed by atoms with Crippen LogP contribution in [0.5, 0.6) is 0 Å². The Morgan fingerprint density at radius 3 is 2.22 bits per heavy atom. The number of carbonyl (C=O) groups is 3. The number of carbonyl (C=O) groups excluding carboxylic acids is 3. The van der Waals surface area contributed by atoms with Crippen LogP contribution < -0.4 is 5.32 Å². The molecule has 2 aromatic carbocycles. The predicted octanol–water partition coefficient (Wildman–Crippen LogP) is 4.50. The quantitative estimate of drug-likeness (QED) is 0.581. The molecule has 0 saturated carbocycles. The summed E-state index contributed by atoms with van der Waals surface area (Å²) in [6, 6.07) is 9.76. The van der Waals surface area contributed by atoms with Crippen molar-refractivity contribution in [3.63, 3.8) is 0 Å². The minimum atomic E-state index is -1.11. The minimum Gasteiger partial charge on any atom is -0.451 e. The van der Waals surface area contributed by atoms with E-state index in [1.807, 2.05) is 0 Å². The van der Waals surface area contributed by atoms with Gasteiger partial charge in [0.15, 0.2) is 6.10 Å². The van der Waals surface area contributed by atoms with Crippen LogP contribution in [-0.4, -0.2) is 23.8 Å². The lowest BCUT2D eigenvalue weighted by Crippen LogP contribution is -2.25. The lowest BCUT2D eigenvalue weighted by atomic mass is 10.1. The first-order valence-electron chi connectivity index (χ1n) is 8.30. The van der Waals surface area contributed by atoms with Crippen LogP contribution in [0.25, 0.3) is 0 Å². The third kappa shape index (κ3) is 5.37. The molecule has 2 aromatic rings. The van der Waals surface area contributed by atoms with Gasteiger partial charge in [0.2, 0.25) is 11.7 Å². The molecule has 0 bridgehead atoms. The summed E-state index contributed by atoms with van der Waals surface area (Å²) in [6.07, 6.45) is -1.11. The minimum absolute atomic E-state index is 0.138. The number of benzene rings is 2. The summed E-state index contributed by atoms with van der Waals surface area (Å²) >= 11 is 5.65. The van der Waals surface area contributed by atoms with E-state index in [1.54, 1.807) is 26.0 Å². The number of Topliss-reactive ketones (excluding diaryl/α,β-unsaturated/α-hetero) is 1. The highest BCUT2D eigenvalue weighted by atomic mass is 35.5. The molecule has 1 atom stereocenters. The maximum Gasteiger partial charge on any atom is 0.341 e. The van der Waals surface area contributed by atoms with E-state index in [9.17, 15) is 18.8 Å². The lowest BCUT2D eigenvalue weighted by Gasteiger charge is -2.13. The first-order valence-corrected chi connectivity index (χ1v) is 8.68. The molecule has 0 aliphatic heterocycles. The van der Waals surface area contributed by atoms with Crippen LogP contribution in [0.3, 0.4) is 0 Å². The van der Waals surface area contributed by atoms with Crippen molar-refractivity contribution < 1.29 is 23.5 Å². The number of ether oxygens (including phenoxy) is 1. The molecular formula is C20H19ClFNO4. The highest BCUT2D eigenvalue weighted by molar-refractivity contribution is 6.30. The number of hydrogen-bond acceptors (Lipinski definition) is 4. The normalized spacial score (nSPS) is 11.8. The molecule has 1 amide bonds. The number of halogens is 2. The highest BCUT2D eigenvalue weighted by Gasteiger charge is 2.22. The summed E-state index contributed by atoms with van der Waals surface area (Å²) in [7, 11) is 0. The molecule has 142 valence electrons. The molecule has 27 heavy (non-hydrogen) atoms. The van der Waals surface area contributed by atoms with Gasteiger partial charge in [0.05, 0.1) is 5.56 Å². The van der Waals surface area contributed by atoms with E-state index in [2.05, 4.69) is 5.32 Å². The van der Waals surface area contributed by atoms with E-state index in [4.69, 9.17) is 16.3 Å². The highest BCUT2D eigenvalue weighted by Crippen LogP contribution is 2.18. The number of hydrogen-bond donors (Lipinski definition) is 1. The van der Waals surface area contributed by atoms with Crippen molar-refractivity contribution >= 4 is 34.9 Å². The summed E-state index contributed by atoms with van der Waals surface area (Å²) in [4.78, 5) is 36.1. The van der Waals surface area contributed by atoms with Crippen LogP contribution in [-0.2, 0) is 9.53 Å². The van der Waals surface area contributed by atoms with Crippen LogP contribution in [0.2, 0.25) is 5.02 Å². The second-order valence-corrected chi connectivity index (χ2v) is 6.69. The molecule has 7 heteroatoms. The second-order valence-electron chi connectivity index (χ2n) is 6.26. The zero-order valence-corrected chi connectivity index (χ0v) is 15.8. The van der Waals surface area contributed by atoms with Crippen LogP contribution >= 0.6 is 11.6 Å². The van der Waals surface area contributed by atoms with Crippen molar-refractivity contribution in [1.82, 2.24) is 0 Å². The molecule has 0 heterocycles. The average Bonchev–Trinajstić information content (AvgIpc) is 2.61. The van der Waals surface area contributed by atoms with Crippen LogP contribution in [0.4, 0.5) is 10.1 Å². The largest absolute Gasteiger partial charge is 0.451 e. The first kappa shape index (κ1) is 20.6. The van der Waals surface area contributed by atoms with Crippen molar-refractivity contribution in [2.24, 2.45) is 5.92 Å². The molecular weight excluding hydrogens is 373 g/mol. The lowest BCUT2D eigenvalue weighted by molar-refractivity contribution is -0.118. The standard InChI is InChI=1S/C20H19ClFNO4/c1-11(2)19(25)23-15-7-4-13(5-8-15)18(24)12(3)27-20(26)16-9-6-14(21)10-17(16)22/h4-12H,1-3H3,(H,23,25)/t12-/m1/s1. The van der Waals surface area contributed by atoms with Gasteiger partial charge in [-0.2, -0.15) is 0 Å². The van der Waals surface area contributed by atoms with Gasteiger partial charge in [0, 0.05) is 22.2 Å². The Morgan fingerprint density at radius 2 is 1.67 bits per heavy atom. The third-order valence-electron chi connectivity index (χ3n) is 3.77. The maximum absolute atomic E-state index is 13.8. The molecule has 0 saturated heterocycles. The van der Waals surface area contributed by atoms with Crippen molar-refractivity contribution in [1.29, 1.82) is 0 Å². The van der Waals surface area contributed by atoms with Gasteiger partial charge in [-0.3, -0.25) is 9.59 Å². The van der Waals surface area contributed by atoms with Gasteiger partial charge in [0.25, 0.3) is 0 Å². The molecule has 0 spiro atoms. The van der Waals surface area contributed by atoms with E-state index in [0.29, 0.717) is 11.3 Å². The molecule has 0 aromatic heterocycles. The second kappa shape index (κ2) is 8.77. The summed E-state index contributed by atoms with van der Waals surface area (Å²) in [5.74, 6) is -2.52. The number of esters is 1. The summed E-state index contributed by atoms with van der Waals surface area (Å²) < 4.78 is 18.8. The van der Waals surface area contributed by atoms with E-state index >= 15 is 0 Å². The summed E-state index contributed by atoms with van der Waals surface area (Å²) in [5.41, 5.74) is 0.554. The maximum atomic E-state index is 13.8. The molecule has 1 N–H and O–H groups in total. The smallest absolute Gasteiger partial charge is 0.341 e. The van der Waals surface area contributed by atoms with Crippen LogP contribution in [0.15, 0.2) is 42.5 Å². The van der Waals surface area contributed by atoms with Crippen molar-refractivity contribution in [3.8, 4) is 0 Å². The van der Waals surface area contributed by atoms with Crippen molar-refractivity contribution in [3.05, 3.63) is 64.4 Å². The van der Waals surface area contributed by atoms with Crippen molar-refractivity contribution in [2.75, 3.05) is 5.32 Å². The van der Waals surface area contributed by atoms with Gasteiger partial charge >= 0.3 is 5.97 Å². The molecule has 0 radical (unpaired) electrons. The zero-order chi connectivity index (χ0) is 20.1. The van der Waals surface area contributed by atoms with Gasteiger partial charge < -0.3 is 10.1 Å². The number of rotatable bonds is 6. The topological polar surface area (TPSA) is 72.5 Å². The Hall–Kier alpha value is -2.73. The average molecular weight is 392 g/mol. The van der Waals surface area contributed by atoms with Gasteiger partial charge in [-0.15, -0.1) is 0 Å². The summed E-state index contributed by atoms with van der Waals surface area (Å²) in [6.45, 7) is 4.95. The zero-order valence-electron chi connectivity index (χ0n) is 15.1. The Balaban J connectivity index is 2.04. The predicted molar refractivity (Wildman–Crippen MR) is 101 cm³/mol. The van der Waals surface area contributed by atoms with Gasteiger partial charge in [-0.25, -0.2) is 9.18 Å². The monoisotopic (exact) mass is 391 g/mol. The van der Waals surface area contributed by atoms with E-state index in [-0.39, 0.29) is 22.4 Å². The van der Waals surface area contributed by atoms with Crippen LogP contribution in [0.1, 0.15) is 41.5 Å². The third-order valence-corrected chi connectivity index (χ3v) is 4.00. The molecule has 0 unspecified atom stereocenters. The molecule has 2 rings (SSSR count). The number of anilines is 1. The number of nitrogens with one attached hydrogen (secondary N) is 1. The first-order chi connectivity index (χ1) is 12.7. The Morgan fingerprint density at radius 1 is 1.04 bits per heavy atom. The van der Waals surface area contributed by atoms with Crippen molar-refractivity contribution in [2.45, 2.75) is 26.9 Å². The molecule has 0 fully saturated rings. The number of ketones is 1. The van der Waals surface area contributed by atoms with Gasteiger partial charge in [0.1, 0.15) is 5.82 Å². The fourth-order valence-corrected chi connectivity index (χ4v) is 2.33. The SMILES string of the molecule is CC(C)C(=O)Nc1ccc(C(=O)[C@@H](C)OC(=O)c2ccc(Cl)cc2F)cc1. The summed E-state index contributed by atoms with van der Waals surface area (Å²) in [5, 5.41) is 2.86. The van der Waals surface area contributed by atoms with Gasteiger partial charge in [-0.1, -0.05) is 25.4 Å². The molecule has 5 nitrogen and oxygen atoms in total. The Bertz CT molecular complexity index is 865. The molecule has 0 aliphatic carbocycles. The van der Waals surface area contributed by atoms with E-state index in [1.165, 1.54) is 31.2 Å². The Labute approximate surface area is 161 Å². The number of amides is 1.